The molecule has 0 saturated heterocycles. The molecule has 6 nitrogen and oxygen atoms in total. The minimum atomic E-state index is -1.86. The normalized spacial score (nSPS) is 23.0. The Bertz CT molecular complexity index is 1440. The Hall–Kier alpha value is -3.03. The molecular weight excluding hydrogens is 411 g/mol. The third-order valence-electron chi connectivity index (χ3n) is 7.61. The summed E-state index contributed by atoms with van der Waals surface area (Å²) in [5.74, 6) is -0.995. The number of aromatic nitrogens is 1. The van der Waals surface area contributed by atoms with E-state index in [0.29, 0.717) is 35.3 Å². The van der Waals surface area contributed by atoms with Crippen LogP contribution < -0.4 is 11.3 Å². The van der Waals surface area contributed by atoms with Gasteiger partial charge in [0.05, 0.1) is 17.8 Å². The van der Waals surface area contributed by atoms with Crippen LogP contribution in [0.15, 0.2) is 23.0 Å². The van der Waals surface area contributed by atoms with E-state index < -0.39 is 11.6 Å². The van der Waals surface area contributed by atoms with Crippen molar-refractivity contribution in [2.75, 3.05) is 0 Å². The number of halogens is 1. The average molecular weight is 434 g/mol. The summed E-state index contributed by atoms with van der Waals surface area (Å²) in [5.41, 5.74) is 10.0. The van der Waals surface area contributed by atoms with Crippen molar-refractivity contribution in [3.8, 4) is 11.3 Å². The van der Waals surface area contributed by atoms with Crippen LogP contribution in [0.2, 0.25) is 0 Å². The second-order valence-corrected chi connectivity index (χ2v) is 9.12. The van der Waals surface area contributed by atoms with E-state index in [1.807, 2.05) is 6.07 Å². The van der Waals surface area contributed by atoms with Crippen LogP contribution in [0.3, 0.4) is 0 Å². The predicted octanol–water partition coefficient (Wildman–Crippen LogP) is 3.08. The number of carbonyl (C=O) groups excluding carboxylic acids is 1. The highest BCUT2D eigenvalue weighted by Crippen LogP contribution is 2.46. The summed E-state index contributed by atoms with van der Waals surface area (Å²) < 4.78 is 21.5. The molecule has 2 aromatic carbocycles. The van der Waals surface area contributed by atoms with Crippen LogP contribution in [0.4, 0.5) is 4.39 Å². The largest absolute Gasteiger partial charge is 0.458 e. The number of rotatable bonds is 1. The molecule has 0 bridgehead atoms. The van der Waals surface area contributed by atoms with Crippen LogP contribution >= 0.6 is 0 Å². The van der Waals surface area contributed by atoms with E-state index in [1.54, 1.807) is 24.5 Å². The summed E-state index contributed by atoms with van der Waals surface area (Å²) in [6, 6.07) is 4.97. The zero-order chi connectivity index (χ0) is 22.5. The number of pyridine rings is 1. The number of aryl methyl sites for hydroxylation is 1. The number of nitrogens with two attached hydrogens (primary N) is 1. The first-order valence-corrected chi connectivity index (χ1v) is 11.0. The molecule has 0 radical (unpaired) electrons. The topological polar surface area (TPSA) is 94.5 Å². The van der Waals surface area contributed by atoms with E-state index in [0.717, 1.165) is 39.4 Å². The van der Waals surface area contributed by atoms with E-state index >= 15 is 0 Å². The molecule has 3 N–H and O–H groups in total. The van der Waals surface area contributed by atoms with Gasteiger partial charge in [-0.1, -0.05) is 6.92 Å². The lowest BCUT2D eigenvalue weighted by Gasteiger charge is -2.31. The highest BCUT2D eigenvalue weighted by Gasteiger charge is 2.45. The van der Waals surface area contributed by atoms with Gasteiger partial charge in [-0.15, -0.1) is 0 Å². The Morgan fingerprint density at radius 3 is 2.78 bits per heavy atom. The molecule has 1 aliphatic carbocycles. The highest BCUT2D eigenvalue weighted by molar-refractivity contribution is 5.97. The molecular formula is C25H23FN2O4. The zero-order valence-corrected chi connectivity index (χ0v) is 17.9. The van der Waals surface area contributed by atoms with E-state index in [-0.39, 0.29) is 30.4 Å². The molecule has 0 saturated carbocycles. The second kappa shape index (κ2) is 6.27. The summed E-state index contributed by atoms with van der Waals surface area (Å²) in [7, 11) is 0. The number of hydrogen-bond donors (Lipinski definition) is 2. The lowest BCUT2D eigenvalue weighted by atomic mass is 9.79. The highest BCUT2D eigenvalue weighted by atomic mass is 19.1. The third kappa shape index (κ3) is 2.25. The minimum absolute atomic E-state index is 0.0935. The van der Waals surface area contributed by atoms with Crippen LogP contribution in [0.25, 0.3) is 22.0 Å². The van der Waals surface area contributed by atoms with E-state index in [2.05, 4.69) is 0 Å². The van der Waals surface area contributed by atoms with Gasteiger partial charge in [-0.25, -0.2) is 9.18 Å². The number of nitrogens with zero attached hydrogens (tertiary/aromatic N) is 1. The van der Waals surface area contributed by atoms with Gasteiger partial charge in [-0.3, -0.25) is 4.79 Å². The van der Waals surface area contributed by atoms with E-state index in [4.69, 9.17) is 10.5 Å². The first kappa shape index (κ1) is 19.6. The maximum atomic E-state index is 14.7. The van der Waals surface area contributed by atoms with Crippen molar-refractivity contribution in [2.24, 2.45) is 5.73 Å². The Morgan fingerprint density at radius 2 is 2.03 bits per heavy atom. The third-order valence-corrected chi connectivity index (χ3v) is 7.61. The molecule has 0 spiro atoms. The fourth-order valence-corrected chi connectivity index (χ4v) is 5.80. The second-order valence-electron chi connectivity index (χ2n) is 9.12. The molecule has 0 unspecified atom stereocenters. The molecule has 3 heterocycles. The van der Waals surface area contributed by atoms with Crippen molar-refractivity contribution in [3.05, 3.63) is 67.8 Å². The minimum Gasteiger partial charge on any atom is -0.458 e. The van der Waals surface area contributed by atoms with Crippen LogP contribution in [0.1, 0.15) is 59.2 Å². The number of aliphatic hydroxyl groups is 1. The number of hydrogen-bond acceptors (Lipinski definition) is 5. The smallest absolute Gasteiger partial charge is 0.343 e. The molecule has 2 atom stereocenters. The van der Waals surface area contributed by atoms with E-state index in [1.165, 1.54) is 6.07 Å². The van der Waals surface area contributed by atoms with Gasteiger partial charge in [0.1, 0.15) is 12.4 Å². The maximum absolute atomic E-state index is 14.7. The number of esters is 1. The molecule has 2 aliphatic heterocycles. The summed E-state index contributed by atoms with van der Waals surface area (Å²) in [5, 5.41) is 12.8. The Labute approximate surface area is 183 Å². The Balaban J connectivity index is 1.70. The summed E-state index contributed by atoms with van der Waals surface area (Å²) in [6.07, 6.45) is 1.52. The Morgan fingerprint density at radius 1 is 1.25 bits per heavy atom. The first-order chi connectivity index (χ1) is 15.3. The van der Waals surface area contributed by atoms with Gasteiger partial charge in [0, 0.05) is 17.2 Å². The number of carbonyl (C=O) groups is 1. The Kier molecular flexibility index (Phi) is 3.85. The number of benzene rings is 2. The van der Waals surface area contributed by atoms with Gasteiger partial charge in [0.15, 0.2) is 5.60 Å². The monoisotopic (exact) mass is 434 g/mol. The van der Waals surface area contributed by atoms with Crippen molar-refractivity contribution < 1.29 is 19.0 Å². The predicted molar refractivity (Wildman–Crippen MR) is 117 cm³/mol. The van der Waals surface area contributed by atoms with Crippen LogP contribution in [0.5, 0.6) is 0 Å². The molecule has 0 fully saturated rings. The van der Waals surface area contributed by atoms with Crippen molar-refractivity contribution in [3.63, 3.8) is 0 Å². The molecule has 164 valence electrons. The molecule has 0 amide bonds. The van der Waals surface area contributed by atoms with Crippen molar-refractivity contribution in [1.29, 1.82) is 0 Å². The molecule has 6 rings (SSSR count). The SMILES string of the molecule is CC[C@]1(O)C(=O)OCc2c1cc1n(c2=O)Cc2c-1cc1cc(F)c(C)c3c1c2[C@H](N)CC3. The van der Waals surface area contributed by atoms with Gasteiger partial charge in [-0.2, -0.15) is 0 Å². The van der Waals surface area contributed by atoms with Crippen LogP contribution in [-0.2, 0) is 34.7 Å². The standard InChI is InChI=1S/C25H23FN2O4/c1-3-25(31)17-8-20-14-6-12-7-18(26)11(2)13-4-5-19(27)22(21(12)13)15(14)9-28(20)23(29)16(17)10-32-24(25)30/h6-8,19,31H,3-5,9-10,27H2,1-2H3/t19-,25-/m1/s1. The number of fused-ring (bicyclic) bond motifs is 5. The van der Waals surface area contributed by atoms with Gasteiger partial charge < -0.3 is 20.1 Å². The summed E-state index contributed by atoms with van der Waals surface area (Å²) in [4.78, 5) is 25.8. The quantitative estimate of drug-likeness (QED) is 0.449. The fourth-order valence-electron chi connectivity index (χ4n) is 5.80. The van der Waals surface area contributed by atoms with Crippen LogP contribution in [-0.4, -0.2) is 15.6 Å². The molecule has 3 aromatic rings. The lowest BCUT2D eigenvalue weighted by molar-refractivity contribution is -0.172. The first-order valence-electron chi connectivity index (χ1n) is 11.0. The van der Waals surface area contributed by atoms with Crippen molar-refractivity contribution in [2.45, 2.75) is 57.9 Å². The van der Waals surface area contributed by atoms with Crippen LogP contribution in [0, 0.1) is 12.7 Å². The van der Waals surface area contributed by atoms with E-state index in [9.17, 15) is 19.1 Å². The zero-order valence-electron chi connectivity index (χ0n) is 17.9. The molecule has 3 aliphatic rings. The molecule has 1 aromatic heterocycles. The van der Waals surface area contributed by atoms with Crippen molar-refractivity contribution >= 4 is 16.7 Å². The molecule has 32 heavy (non-hydrogen) atoms. The summed E-state index contributed by atoms with van der Waals surface area (Å²) >= 11 is 0. The van der Waals surface area contributed by atoms with Gasteiger partial charge in [-0.05, 0) is 77.4 Å². The van der Waals surface area contributed by atoms with Gasteiger partial charge in [0.2, 0.25) is 0 Å². The summed E-state index contributed by atoms with van der Waals surface area (Å²) in [6.45, 7) is 3.67. The maximum Gasteiger partial charge on any atom is 0.343 e. The van der Waals surface area contributed by atoms with Gasteiger partial charge in [0.25, 0.3) is 5.56 Å². The fraction of sp³-hybridized carbons (Fsp3) is 0.360. The van der Waals surface area contributed by atoms with Gasteiger partial charge >= 0.3 is 5.97 Å². The average Bonchev–Trinajstić information content (AvgIpc) is 3.14. The van der Waals surface area contributed by atoms with Crippen molar-refractivity contribution in [1.82, 2.24) is 4.57 Å². The lowest BCUT2D eigenvalue weighted by Crippen LogP contribution is -2.44. The molecule has 7 heteroatoms. The number of cyclic esters (lactones) is 1. The number of ether oxygens (including phenoxy) is 1.